The van der Waals surface area contributed by atoms with Crippen LogP contribution >= 0.6 is 0 Å². The van der Waals surface area contributed by atoms with Crippen molar-refractivity contribution in [1.29, 1.82) is 0 Å². The predicted octanol–water partition coefficient (Wildman–Crippen LogP) is 2.31. The summed E-state index contributed by atoms with van der Waals surface area (Å²) >= 11 is 0. The molecule has 1 aliphatic heterocycles. The third kappa shape index (κ3) is 2.72. The molecular weight excluding hydrogens is 210 g/mol. The molecule has 94 valence electrons. The van der Waals surface area contributed by atoms with Crippen LogP contribution in [-0.4, -0.2) is 32.7 Å². The van der Waals surface area contributed by atoms with E-state index in [1.807, 2.05) is 7.05 Å². The van der Waals surface area contributed by atoms with Crippen molar-refractivity contribution in [2.45, 2.75) is 25.8 Å². The fourth-order valence-electron chi connectivity index (χ4n) is 2.68. The summed E-state index contributed by atoms with van der Waals surface area (Å²) in [6.07, 6.45) is 2.48. The van der Waals surface area contributed by atoms with E-state index < -0.39 is 0 Å². The van der Waals surface area contributed by atoms with Crippen LogP contribution in [0.15, 0.2) is 24.3 Å². The molecule has 0 unspecified atom stereocenters. The first-order valence-corrected chi connectivity index (χ1v) is 6.61. The van der Waals surface area contributed by atoms with Crippen LogP contribution in [0.2, 0.25) is 0 Å². The minimum absolute atomic E-state index is 0.677. The molecule has 1 heterocycles. The molecule has 1 saturated heterocycles. The molecule has 0 radical (unpaired) electrons. The highest BCUT2D eigenvalue weighted by Crippen LogP contribution is 2.28. The van der Waals surface area contributed by atoms with Crippen molar-refractivity contribution in [1.82, 2.24) is 5.32 Å². The summed E-state index contributed by atoms with van der Waals surface area (Å²) in [7, 11) is 2.00. The van der Waals surface area contributed by atoms with Crippen molar-refractivity contribution >= 4 is 11.4 Å². The maximum absolute atomic E-state index is 3.43. The predicted molar refractivity (Wildman–Crippen MR) is 74.9 cm³/mol. The van der Waals surface area contributed by atoms with Gasteiger partial charge in [0.1, 0.15) is 0 Å². The molecular formula is C14H23N3. The quantitative estimate of drug-likeness (QED) is 0.835. The number of para-hydroxylation sites is 2. The molecule has 17 heavy (non-hydrogen) atoms. The lowest BCUT2D eigenvalue weighted by molar-refractivity contribution is 0.434. The van der Waals surface area contributed by atoms with Crippen molar-refractivity contribution in [2.75, 3.05) is 36.9 Å². The summed E-state index contributed by atoms with van der Waals surface area (Å²) in [5, 5.41) is 6.72. The van der Waals surface area contributed by atoms with Crippen LogP contribution in [0.25, 0.3) is 0 Å². The van der Waals surface area contributed by atoms with Gasteiger partial charge < -0.3 is 15.5 Å². The van der Waals surface area contributed by atoms with Gasteiger partial charge in [0.2, 0.25) is 0 Å². The van der Waals surface area contributed by atoms with Gasteiger partial charge in [-0.1, -0.05) is 12.1 Å². The van der Waals surface area contributed by atoms with E-state index in [2.05, 4.69) is 46.7 Å². The molecule has 0 saturated carbocycles. The molecule has 0 aromatic heterocycles. The van der Waals surface area contributed by atoms with E-state index in [4.69, 9.17) is 0 Å². The number of rotatable bonds is 4. The monoisotopic (exact) mass is 233 g/mol. The molecule has 0 bridgehead atoms. The minimum atomic E-state index is 0.677. The third-order valence-electron chi connectivity index (χ3n) is 3.57. The molecule has 0 amide bonds. The fraction of sp³-hybridized carbons (Fsp3) is 0.571. The Bertz CT molecular complexity index is 345. The van der Waals surface area contributed by atoms with Gasteiger partial charge in [-0.15, -0.1) is 0 Å². The Balaban J connectivity index is 2.21. The summed E-state index contributed by atoms with van der Waals surface area (Å²) in [6.45, 7) is 5.60. The first-order valence-electron chi connectivity index (χ1n) is 6.61. The summed E-state index contributed by atoms with van der Waals surface area (Å²) in [5.74, 6) is 0. The Morgan fingerprint density at radius 1 is 1.29 bits per heavy atom. The third-order valence-corrected chi connectivity index (χ3v) is 3.57. The molecule has 0 aliphatic carbocycles. The molecule has 2 N–H and O–H groups in total. The number of nitrogens with zero attached hydrogens (tertiary/aromatic N) is 1. The summed E-state index contributed by atoms with van der Waals surface area (Å²) in [4.78, 5) is 2.53. The van der Waals surface area contributed by atoms with Crippen LogP contribution in [-0.2, 0) is 0 Å². The molecule has 1 aliphatic rings. The molecule has 0 spiro atoms. The highest BCUT2D eigenvalue weighted by molar-refractivity contribution is 5.70. The number of nitrogens with one attached hydrogen (secondary N) is 2. The van der Waals surface area contributed by atoms with Crippen LogP contribution in [0.4, 0.5) is 11.4 Å². The first kappa shape index (κ1) is 12.2. The van der Waals surface area contributed by atoms with Crippen LogP contribution < -0.4 is 15.5 Å². The Morgan fingerprint density at radius 2 is 2.00 bits per heavy atom. The molecule has 1 aromatic carbocycles. The Hall–Kier alpha value is -1.22. The van der Waals surface area contributed by atoms with Crippen LogP contribution in [0.1, 0.15) is 19.8 Å². The second kappa shape index (κ2) is 5.92. The van der Waals surface area contributed by atoms with E-state index in [1.54, 1.807) is 0 Å². The summed E-state index contributed by atoms with van der Waals surface area (Å²) in [5.41, 5.74) is 2.57. The van der Waals surface area contributed by atoms with E-state index in [0.717, 1.165) is 19.6 Å². The van der Waals surface area contributed by atoms with Crippen molar-refractivity contribution in [3.8, 4) is 0 Å². The van der Waals surface area contributed by atoms with Crippen molar-refractivity contribution < 1.29 is 0 Å². The largest absolute Gasteiger partial charge is 0.386 e. The van der Waals surface area contributed by atoms with Crippen LogP contribution in [0.5, 0.6) is 0 Å². The van der Waals surface area contributed by atoms with Crippen molar-refractivity contribution in [3.05, 3.63) is 24.3 Å². The zero-order chi connectivity index (χ0) is 12.1. The van der Waals surface area contributed by atoms with Gasteiger partial charge in [-0.2, -0.15) is 0 Å². The molecule has 2 rings (SSSR count). The van der Waals surface area contributed by atoms with Crippen LogP contribution in [0.3, 0.4) is 0 Å². The minimum Gasteiger partial charge on any atom is -0.386 e. The number of hydrogen-bond acceptors (Lipinski definition) is 3. The topological polar surface area (TPSA) is 27.3 Å². The summed E-state index contributed by atoms with van der Waals surface area (Å²) < 4.78 is 0. The molecule has 1 fully saturated rings. The second-order valence-corrected chi connectivity index (χ2v) is 4.53. The van der Waals surface area contributed by atoms with E-state index in [1.165, 1.54) is 24.2 Å². The molecule has 3 nitrogen and oxygen atoms in total. The van der Waals surface area contributed by atoms with Gasteiger partial charge in [0.05, 0.1) is 11.4 Å². The van der Waals surface area contributed by atoms with Gasteiger partial charge in [0, 0.05) is 19.6 Å². The molecule has 3 heteroatoms. The maximum Gasteiger partial charge on any atom is 0.0604 e. The lowest BCUT2D eigenvalue weighted by Crippen LogP contribution is -2.43. The fourth-order valence-corrected chi connectivity index (χ4v) is 2.68. The molecule has 1 aromatic rings. The van der Waals surface area contributed by atoms with Gasteiger partial charge in [-0.25, -0.2) is 0 Å². The Kier molecular flexibility index (Phi) is 4.26. The van der Waals surface area contributed by atoms with Gasteiger partial charge in [-0.3, -0.25) is 0 Å². The highest BCUT2D eigenvalue weighted by Gasteiger charge is 2.21. The standard InChI is InChI=1S/C14H23N3/c1-3-17(12-8-10-16-11-9-12)14-7-5-4-6-13(14)15-2/h4-7,12,15-16H,3,8-11H2,1-2H3. The number of benzene rings is 1. The lowest BCUT2D eigenvalue weighted by atomic mass is 10.0. The van der Waals surface area contributed by atoms with E-state index >= 15 is 0 Å². The van der Waals surface area contributed by atoms with Crippen molar-refractivity contribution in [2.24, 2.45) is 0 Å². The van der Waals surface area contributed by atoms with E-state index in [0.29, 0.717) is 6.04 Å². The number of piperidine rings is 1. The normalized spacial score (nSPS) is 16.8. The highest BCUT2D eigenvalue weighted by atomic mass is 15.2. The molecule has 0 atom stereocenters. The zero-order valence-corrected chi connectivity index (χ0v) is 10.9. The van der Waals surface area contributed by atoms with Crippen LogP contribution in [0, 0.1) is 0 Å². The second-order valence-electron chi connectivity index (χ2n) is 4.53. The first-order chi connectivity index (χ1) is 8.36. The average molecular weight is 233 g/mol. The zero-order valence-electron chi connectivity index (χ0n) is 10.9. The number of hydrogen-bond donors (Lipinski definition) is 2. The average Bonchev–Trinajstić information content (AvgIpc) is 2.41. The van der Waals surface area contributed by atoms with Gasteiger partial charge >= 0.3 is 0 Å². The van der Waals surface area contributed by atoms with E-state index in [-0.39, 0.29) is 0 Å². The smallest absolute Gasteiger partial charge is 0.0604 e. The Labute approximate surface area is 104 Å². The van der Waals surface area contributed by atoms with Gasteiger partial charge in [0.15, 0.2) is 0 Å². The van der Waals surface area contributed by atoms with E-state index in [9.17, 15) is 0 Å². The summed E-state index contributed by atoms with van der Waals surface area (Å²) in [6, 6.07) is 9.26. The van der Waals surface area contributed by atoms with Gasteiger partial charge in [0.25, 0.3) is 0 Å². The number of anilines is 2. The SMILES string of the molecule is CCN(c1ccccc1NC)C1CCNCC1. The Morgan fingerprint density at radius 3 is 2.65 bits per heavy atom. The lowest BCUT2D eigenvalue weighted by Gasteiger charge is -2.36. The van der Waals surface area contributed by atoms with Gasteiger partial charge in [-0.05, 0) is 45.0 Å². The van der Waals surface area contributed by atoms with Crippen molar-refractivity contribution in [3.63, 3.8) is 0 Å². The maximum atomic E-state index is 3.43.